The van der Waals surface area contributed by atoms with Crippen LogP contribution in [-0.2, 0) is 12.4 Å². The Bertz CT molecular complexity index is 1270. The fraction of sp³-hybridized carbons (Fsp3) is 0.435. The number of aryl methyl sites for hydroxylation is 1. The maximum atomic E-state index is 14.7. The zero-order valence-corrected chi connectivity index (χ0v) is 19.2. The molecule has 1 aromatic carbocycles. The number of pyridine rings is 1. The van der Waals surface area contributed by atoms with Gasteiger partial charge in [0, 0.05) is 24.0 Å². The highest BCUT2D eigenvalue weighted by molar-refractivity contribution is 5.93. The zero-order chi connectivity index (χ0) is 26.4. The summed E-state index contributed by atoms with van der Waals surface area (Å²) in [5.41, 5.74) is -3.05. The molecule has 0 radical (unpaired) electrons. The van der Waals surface area contributed by atoms with Crippen LogP contribution in [0.3, 0.4) is 0 Å². The monoisotopic (exact) mass is 517 g/mol. The summed E-state index contributed by atoms with van der Waals surface area (Å²) in [7, 11) is 0. The van der Waals surface area contributed by atoms with E-state index in [1.807, 2.05) is 0 Å². The summed E-state index contributed by atoms with van der Waals surface area (Å²) in [6.45, 7) is 3.17. The van der Waals surface area contributed by atoms with Crippen LogP contribution in [0.25, 0.3) is 10.9 Å². The van der Waals surface area contributed by atoms with Gasteiger partial charge in [0.25, 0.3) is 0 Å². The van der Waals surface area contributed by atoms with Gasteiger partial charge in [-0.3, -0.25) is 0 Å². The lowest BCUT2D eigenvalue weighted by Crippen LogP contribution is -2.37. The first-order valence-electron chi connectivity index (χ1n) is 11.1. The molecule has 1 fully saturated rings. The Morgan fingerprint density at radius 2 is 1.72 bits per heavy atom. The minimum atomic E-state index is -4.90. The van der Waals surface area contributed by atoms with Gasteiger partial charge in [0.1, 0.15) is 5.82 Å². The molecule has 0 saturated carbocycles. The van der Waals surface area contributed by atoms with E-state index >= 15 is 0 Å². The standard InChI is InChI=1S/C23H22F7N5O/c1-11(14-4-3-5-16(18(14)24)22(25,26)27)31-21-15-10-17(35-8-6-13(36)7-9-35)20(23(28,29)30)32-19(15)12(2)33-34-21/h3-5,10-11,13,36H,6-9H2,1-2H3,(H,31,34)/t11-/m1/s1. The molecule has 0 amide bonds. The van der Waals surface area contributed by atoms with Crippen LogP contribution in [0, 0.1) is 12.7 Å². The van der Waals surface area contributed by atoms with Gasteiger partial charge in [-0.05, 0) is 38.8 Å². The molecule has 3 aromatic rings. The summed E-state index contributed by atoms with van der Waals surface area (Å²) in [6, 6.07) is 3.08. The first kappa shape index (κ1) is 25.9. The quantitative estimate of drug-likeness (QED) is 0.436. The second-order valence-electron chi connectivity index (χ2n) is 8.67. The van der Waals surface area contributed by atoms with Gasteiger partial charge in [0.2, 0.25) is 0 Å². The van der Waals surface area contributed by atoms with E-state index in [-0.39, 0.29) is 59.6 Å². The molecule has 1 saturated heterocycles. The SMILES string of the molecule is Cc1nnc(N[C@H](C)c2cccc(C(F)(F)F)c2F)c2cc(N3CCC(O)CC3)c(C(F)(F)F)nc12. The van der Waals surface area contributed by atoms with Crippen molar-refractivity contribution < 1.29 is 35.8 Å². The predicted molar refractivity (Wildman–Crippen MR) is 118 cm³/mol. The van der Waals surface area contributed by atoms with E-state index in [2.05, 4.69) is 20.5 Å². The molecule has 2 N–H and O–H groups in total. The summed E-state index contributed by atoms with van der Waals surface area (Å²) in [5.74, 6) is -1.51. The largest absolute Gasteiger partial charge is 0.435 e. The van der Waals surface area contributed by atoms with Crippen LogP contribution in [-0.4, -0.2) is 39.5 Å². The molecule has 13 heteroatoms. The minimum absolute atomic E-state index is 0.0561. The molecule has 4 rings (SSSR count). The second kappa shape index (κ2) is 9.34. The number of benzene rings is 1. The summed E-state index contributed by atoms with van der Waals surface area (Å²) < 4.78 is 95.9. The summed E-state index contributed by atoms with van der Waals surface area (Å²) >= 11 is 0. The first-order valence-corrected chi connectivity index (χ1v) is 11.1. The molecule has 3 heterocycles. The molecule has 0 spiro atoms. The van der Waals surface area contributed by atoms with Gasteiger partial charge < -0.3 is 15.3 Å². The van der Waals surface area contributed by atoms with Gasteiger partial charge in [-0.1, -0.05) is 12.1 Å². The number of nitrogens with one attached hydrogen (secondary N) is 1. The number of aromatic nitrogens is 3. The molecule has 2 aromatic heterocycles. The molecule has 194 valence electrons. The number of hydrogen-bond acceptors (Lipinski definition) is 6. The summed E-state index contributed by atoms with van der Waals surface area (Å²) in [6.07, 6.45) is -9.74. The molecular weight excluding hydrogens is 495 g/mol. The second-order valence-corrected chi connectivity index (χ2v) is 8.67. The fourth-order valence-electron chi connectivity index (χ4n) is 4.23. The number of halogens is 7. The van der Waals surface area contributed by atoms with E-state index < -0.39 is 41.6 Å². The Hall–Kier alpha value is -3.22. The number of nitrogens with zero attached hydrogens (tertiary/aromatic N) is 4. The maximum absolute atomic E-state index is 14.7. The van der Waals surface area contributed by atoms with Gasteiger partial charge in [-0.15, -0.1) is 5.10 Å². The van der Waals surface area contributed by atoms with E-state index in [9.17, 15) is 35.8 Å². The predicted octanol–water partition coefficient (Wildman–Crippen LogP) is 5.64. The van der Waals surface area contributed by atoms with Crippen LogP contribution in [0.4, 0.5) is 42.2 Å². The van der Waals surface area contributed by atoms with Crippen molar-refractivity contribution in [1.82, 2.24) is 15.2 Å². The highest BCUT2D eigenvalue weighted by Gasteiger charge is 2.39. The molecule has 0 unspecified atom stereocenters. The molecule has 0 aliphatic carbocycles. The van der Waals surface area contributed by atoms with Gasteiger partial charge in [0.15, 0.2) is 11.5 Å². The van der Waals surface area contributed by atoms with Crippen molar-refractivity contribution in [2.75, 3.05) is 23.3 Å². The van der Waals surface area contributed by atoms with Gasteiger partial charge >= 0.3 is 12.4 Å². The minimum Gasteiger partial charge on any atom is -0.393 e. The number of hydrogen-bond donors (Lipinski definition) is 2. The van der Waals surface area contributed by atoms with Gasteiger partial charge in [0.05, 0.1) is 34.6 Å². The number of alkyl halides is 6. The molecule has 1 atom stereocenters. The van der Waals surface area contributed by atoms with Crippen LogP contribution in [0.5, 0.6) is 0 Å². The lowest BCUT2D eigenvalue weighted by Gasteiger charge is -2.33. The normalized spacial score (nSPS) is 16.4. The molecule has 36 heavy (non-hydrogen) atoms. The number of rotatable bonds is 4. The van der Waals surface area contributed by atoms with Crippen LogP contribution in [0.2, 0.25) is 0 Å². The highest BCUT2D eigenvalue weighted by atomic mass is 19.4. The average molecular weight is 517 g/mol. The Balaban J connectivity index is 1.80. The van der Waals surface area contributed by atoms with Crippen molar-refractivity contribution in [3.8, 4) is 0 Å². The zero-order valence-electron chi connectivity index (χ0n) is 19.2. The van der Waals surface area contributed by atoms with E-state index in [4.69, 9.17) is 0 Å². The highest BCUT2D eigenvalue weighted by Crippen LogP contribution is 2.40. The number of aliphatic hydroxyl groups is 1. The van der Waals surface area contributed by atoms with Crippen molar-refractivity contribution in [3.05, 3.63) is 52.6 Å². The van der Waals surface area contributed by atoms with Crippen molar-refractivity contribution in [1.29, 1.82) is 0 Å². The lowest BCUT2D eigenvalue weighted by molar-refractivity contribution is -0.141. The number of piperidine rings is 1. The van der Waals surface area contributed by atoms with Crippen molar-refractivity contribution >= 4 is 22.4 Å². The number of anilines is 2. The molecule has 6 nitrogen and oxygen atoms in total. The third-order valence-corrected chi connectivity index (χ3v) is 6.13. The third-order valence-electron chi connectivity index (χ3n) is 6.13. The van der Waals surface area contributed by atoms with Crippen molar-refractivity contribution in [3.63, 3.8) is 0 Å². The van der Waals surface area contributed by atoms with Gasteiger partial charge in [-0.2, -0.15) is 31.4 Å². The van der Waals surface area contributed by atoms with E-state index in [1.165, 1.54) is 30.9 Å². The Morgan fingerprint density at radius 1 is 1.06 bits per heavy atom. The van der Waals surface area contributed by atoms with Crippen molar-refractivity contribution in [2.24, 2.45) is 0 Å². The lowest BCUT2D eigenvalue weighted by atomic mass is 10.0. The molecular formula is C23H22F7N5O. The maximum Gasteiger partial charge on any atom is 0.435 e. The van der Waals surface area contributed by atoms with E-state index in [1.54, 1.807) is 0 Å². The number of aliphatic hydroxyl groups excluding tert-OH is 1. The van der Waals surface area contributed by atoms with Crippen molar-refractivity contribution in [2.45, 2.75) is 51.2 Å². The fourth-order valence-corrected chi connectivity index (χ4v) is 4.23. The Morgan fingerprint density at radius 3 is 2.33 bits per heavy atom. The smallest absolute Gasteiger partial charge is 0.393 e. The first-order chi connectivity index (χ1) is 16.8. The Labute approximate surface area is 201 Å². The average Bonchev–Trinajstić information content (AvgIpc) is 2.79. The number of fused-ring (bicyclic) bond motifs is 1. The van der Waals surface area contributed by atoms with E-state index in [0.717, 1.165) is 6.07 Å². The molecule has 1 aliphatic rings. The molecule has 1 aliphatic heterocycles. The van der Waals surface area contributed by atoms with E-state index in [0.29, 0.717) is 6.07 Å². The van der Waals surface area contributed by atoms with Crippen LogP contribution >= 0.6 is 0 Å². The van der Waals surface area contributed by atoms with Crippen LogP contribution in [0.15, 0.2) is 24.3 Å². The third kappa shape index (κ3) is 5.01. The summed E-state index contributed by atoms with van der Waals surface area (Å²) in [5, 5.41) is 20.5. The topological polar surface area (TPSA) is 74.2 Å². The summed E-state index contributed by atoms with van der Waals surface area (Å²) in [4.78, 5) is 5.32. The van der Waals surface area contributed by atoms with Crippen LogP contribution < -0.4 is 10.2 Å². The Kier molecular flexibility index (Phi) is 6.71. The van der Waals surface area contributed by atoms with Gasteiger partial charge in [-0.25, -0.2) is 9.37 Å². The van der Waals surface area contributed by atoms with Crippen LogP contribution in [0.1, 0.15) is 48.3 Å². The molecule has 0 bridgehead atoms.